The van der Waals surface area contributed by atoms with Crippen LogP contribution in [0.4, 0.5) is 0 Å². The lowest BCUT2D eigenvalue weighted by Gasteiger charge is -2.17. The number of hydrogen-bond acceptors (Lipinski definition) is 4. The van der Waals surface area contributed by atoms with E-state index in [4.69, 9.17) is 4.74 Å². The van der Waals surface area contributed by atoms with Gasteiger partial charge in [0.25, 0.3) is 0 Å². The number of thiazole rings is 1. The van der Waals surface area contributed by atoms with E-state index in [2.05, 4.69) is 52.2 Å². The minimum atomic E-state index is 0.316. The maximum atomic E-state index is 5.29. The Morgan fingerprint density at radius 1 is 1.43 bits per heavy atom. The number of halogens is 1. The van der Waals surface area contributed by atoms with E-state index in [0.717, 1.165) is 34.6 Å². The molecule has 0 aliphatic heterocycles. The van der Waals surface area contributed by atoms with E-state index in [1.54, 1.807) is 18.4 Å². The van der Waals surface area contributed by atoms with Gasteiger partial charge in [-0.05, 0) is 59.9 Å². The van der Waals surface area contributed by atoms with Gasteiger partial charge in [-0.1, -0.05) is 13.0 Å². The summed E-state index contributed by atoms with van der Waals surface area (Å²) in [6.45, 7) is 5.25. The molecule has 1 aromatic heterocycles. The highest BCUT2D eigenvalue weighted by atomic mass is 79.9. The van der Waals surface area contributed by atoms with Crippen LogP contribution in [-0.2, 0) is 6.42 Å². The van der Waals surface area contributed by atoms with Crippen molar-refractivity contribution in [1.82, 2.24) is 10.3 Å². The van der Waals surface area contributed by atoms with Gasteiger partial charge in [0, 0.05) is 17.1 Å². The Kier molecular flexibility index (Phi) is 6.21. The minimum absolute atomic E-state index is 0.316. The van der Waals surface area contributed by atoms with Gasteiger partial charge >= 0.3 is 0 Å². The first kappa shape index (κ1) is 16.5. The van der Waals surface area contributed by atoms with Gasteiger partial charge in [0.05, 0.1) is 16.6 Å². The first-order chi connectivity index (χ1) is 10.1. The van der Waals surface area contributed by atoms with Gasteiger partial charge in [-0.15, -0.1) is 11.3 Å². The third-order valence-electron chi connectivity index (χ3n) is 3.28. The Balaban J connectivity index is 2.16. The standard InChI is InChI=1S/C16H21BrN2OS/c1-4-7-18-14(16-10-19-11(2)21-16)9-12-5-6-15(20-3)13(17)8-12/h5-6,8,10,14,18H,4,7,9H2,1-3H3. The fourth-order valence-electron chi connectivity index (χ4n) is 2.20. The number of benzene rings is 1. The van der Waals surface area contributed by atoms with Crippen molar-refractivity contribution in [3.63, 3.8) is 0 Å². The van der Waals surface area contributed by atoms with Crippen molar-refractivity contribution in [2.45, 2.75) is 32.7 Å². The van der Waals surface area contributed by atoms with E-state index < -0.39 is 0 Å². The zero-order valence-electron chi connectivity index (χ0n) is 12.6. The summed E-state index contributed by atoms with van der Waals surface area (Å²) in [6.07, 6.45) is 4.07. The molecule has 114 valence electrons. The summed E-state index contributed by atoms with van der Waals surface area (Å²) in [5.74, 6) is 0.866. The highest BCUT2D eigenvalue weighted by molar-refractivity contribution is 9.10. The smallest absolute Gasteiger partial charge is 0.133 e. The van der Waals surface area contributed by atoms with Crippen molar-refractivity contribution in [2.24, 2.45) is 0 Å². The molecule has 0 fully saturated rings. The molecule has 3 nitrogen and oxygen atoms in total. The average molecular weight is 369 g/mol. The van der Waals surface area contributed by atoms with Crippen molar-refractivity contribution in [2.75, 3.05) is 13.7 Å². The van der Waals surface area contributed by atoms with Crippen molar-refractivity contribution in [3.05, 3.63) is 44.3 Å². The molecule has 0 spiro atoms. The molecule has 0 radical (unpaired) electrons. The second-order valence-corrected chi connectivity index (χ2v) is 7.08. The van der Waals surface area contributed by atoms with Gasteiger partial charge in [-0.25, -0.2) is 4.98 Å². The van der Waals surface area contributed by atoms with E-state index in [1.807, 2.05) is 12.3 Å². The van der Waals surface area contributed by atoms with E-state index in [9.17, 15) is 0 Å². The first-order valence-electron chi connectivity index (χ1n) is 7.12. The third-order valence-corrected chi connectivity index (χ3v) is 4.93. The van der Waals surface area contributed by atoms with Crippen molar-refractivity contribution in [1.29, 1.82) is 0 Å². The van der Waals surface area contributed by atoms with Crippen molar-refractivity contribution >= 4 is 27.3 Å². The molecule has 0 saturated carbocycles. The summed E-state index contributed by atoms with van der Waals surface area (Å²) in [4.78, 5) is 5.68. The van der Waals surface area contributed by atoms with Crippen LogP contribution in [0.15, 0.2) is 28.9 Å². The van der Waals surface area contributed by atoms with Gasteiger partial charge in [0.2, 0.25) is 0 Å². The Labute approximate surface area is 138 Å². The first-order valence-corrected chi connectivity index (χ1v) is 8.73. The number of ether oxygens (including phenoxy) is 1. The van der Waals surface area contributed by atoms with Gasteiger partial charge in [-0.2, -0.15) is 0 Å². The van der Waals surface area contributed by atoms with Gasteiger partial charge in [-0.3, -0.25) is 0 Å². The Morgan fingerprint density at radius 2 is 2.24 bits per heavy atom. The monoisotopic (exact) mass is 368 g/mol. The number of nitrogens with zero attached hydrogens (tertiary/aromatic N) is 1. The van der Waals surface area contributed by atoms with Crippen LogP contribution in [0.5, 0.6) is 5.75 Å². The fraction of sp³-hybridized carbons (Fsp3) is 0.438. The molecule has 1 unspecified atom stereocenters. The summed E-state index contributed by atoms with van der Waals surface area (Å²) in [7, 11) is 1.69. The molecule has 0 aliphatic carbocycles. The van der Waals surface area contributed by atoms with Crippen LogP contribution in [0.3, 0.4) is 0 Å². The molecule has 0 aliphatic rings. The molecule has 1 aromatic carbocycles. The molecule has 0 amide bonds. The maximum absolute atomic E-state index is 5.29. The van der Waals surface area contributed by atoms with Crippen LogP contribution >= 0.6 is 27.3 Å². The highest BCUT2D eigenvalue weighted by Gasteiger charge is 2.15. The largest absolute Gasteiger partial charge is 0.496 e. The van der Waals surface area contributed by atoms with E-state index in [-0.39, 0.29) is 0 Å². The average Bonchev–Trinajstić information content (AvgIpc) is 2.90. The Hall–Kier alpha value is -0.910. The van der Waals surface area contributed by atoms with Crippen LogP contribution in [-0.4, -0.2) is 18.6 Å². The summed E-state index contributed by atoms with van der Waals surface area (Å²) in [5.41, 5.74) is 1.28. The second kappa shape index (κ2) is 7.92. The maximum Gasteiger partial charge on any atom is 0.133 e. The molecular weight excluding hydrogens is 348 g/mol. The summed E-state index contributed by atoms with van der Waals surface area (Å²) >= 11 is 5.32. The molecule has 0 saturated heterocycles. The fourth-order valence-corrected chi connectivity index (χ4v) is 3.65. The number of rotatable bonds is 7. The van der Waals surface area contributed by atoms with Crippen LogP contribution < -0.4 is 10.1 Å². The molecule has 0 bridgehead atoms. The quantitative estimate of drug-likeness (QED) is 0.780. The molecule has 1 N–H and O–H groups in total. The number of methoxy groups -OCH3 is 1. The predicted molar refractivity (Wildman–Crippen MR) is 92.3 cm³/mol. The Morgan fingerprint density at radius 3 is 2.81 bits per heavy atom. The van der Waals surface area contributed by atoms with Gasteiger partial charge in [0.1, 0.15) is 5.75 Å². The number of aryl methyl sites for hydroxylation is 1. The van der Waals surface area contributed by atoms with Crippen LogP contribution in [0.25, 0.3) is 0 Å². The van der Waals surface area contributed by atoms with Gasteiger partial charge < -0.3 is 10.1 Å². The normalized spacial score (nSPS) is 12.4. The molecule has 2 rings (SSSR count). The topological polar surface area (TPSA) is 34.1 Å². The lowest BCUT2D eigenvalue weighted by molar-refractivity contribution is 0.412. The lowest BCUT2D eigenvalue weighted by Crippen LogP contribution is -2.23. The molecule has 1 atom stereocenters. The van der Waals surface area contributed by atoms with Crippen molar-refractivity contribution in [3.8, 4) is 5.75 Å². The SMILES string of the molecule is CCCNC(Cc1ccc(OC)c(Br)c1)c1cnc(C)s1. The number of nitrogens with one attached hydrogen (secondary N) is 1. The summed E-state index contributed by atoms with van der Waals surface area (Å²) in [6, 6.07) is 6.58. The third kappa shape index (κ3) is 4.53. The number of hydrogen-bond donors (Lipinski definition) is 1. The zero-order chi connectivity index (χ0) is 15.2. The molecule has 2 aromatic rings. The predicted octanol–water partition coefficient (Wildman–Crippen LogP) is 4.51. The summed E-state index contributed by atoms with van der Waals surface area (Å²) in [5, 5.41) is 4.73. The molecule has 5 heteroatoms. The van der Waals surface area contributed by atoms with Crippen molar-refractivity contribution < 1.29 is 4.74 Å². The van der Waals surface area contributed by atoms with Crippen LogP contribution in [0.1, 0.15) is 34.8 Å². The second-order valence-electron chi connectivity index (χ2n) is 4.96. The van der Waals surface area contributed by atoms with E-state index in [0.29, 0.717) is 6.04 Å². The lowest BCUT2D eigenvalue weighted by atomic mass is 10.0. The molecule has 21 heavy (non-hydrogen) atoms. The van der Waals surface area contributed by atoms with E-state index >= 15 is 0 Å². The van der Waals surface area contributed by atoms with E-state index in [1.165, 1.54) is 10.4 Å². The zero-order valence-corrected chi connectivity index (χ0v) is 15.1. The van der Waals surface area contributed by atoms with Gasteiger partial charge in [0.15, 0.2) is 0 Å². The highest BCUT2D eigenvalue weighted by Crippen LogP contribution is 2.29. The van der Waals surface area contributed by atoms with Crippen LogP contribution in [0.2, 0.25) is 0 Å². The number of aromatic nitrogens is 1. The Bertz CT molecular complexity index is 585. The summed E-state index contributed by atoms with van der Waals surface area (Å²) < 4.78 is 6.28. The molecule has 1 heterocycles. The molecular formula is C16H21BrN2OS. The van der Waals surface area contributed by atoms with Crippen LogP contribution in [0, 0.1) is 6.92 Å². The minimum Gasteiger partial charge on any atom is -0.496 e.